The number of nitrogens with zero attached hydrogens (tertiary/aromatic N) is 2. The molecule has 3 rings (SSSR count). The van der Waals surface area contributed by atoms with Gasteiger partial charge in [-0.1, -0.05) is 12.1 Å². The molecule has 1 saturated heterocycles. The summed E-state index contributed by atoms with van der Waals surface area (Å²) in [4.78, 5) is 6.30. The zero-order valence-electron chi connectivity index (χ0n) is 11.8. The molecular formula is C17H19FN2O. The van der Waals surface area contributed by atoms with E-state index in [1.165, 1.54) is 17.7 Å². The third kappa shape index (κ3) is 3.46. The molecular weight excluding hydrogens is 267 g/mol. The third-order valence-corrected chi connectivity index (χ3v) is 4.12. The topological polar surface area (TPSA) is 36.4 Å². The number of aliphatic hydroxyl groups is 1. The maximum absolute atomic E-state index is 13.0. The van der Waals surface area contributed by atoms with Gasteiger partial charge in [0.1, 0.15) is 5.82 Å². The number of likely N-dealkylation sites (tertiary alicyclic amines) is 1. The predicted octanol–water partition coefficient (Wildman–Crippen LogP) is 2.40. The molecule has 0 aliphatic carbocycles. The number of halogens is 1. The molecule has 1 aliphatic rings. The average Bonchev–Trinajstić information content (AvgIpc) is 2.84. The zero-order valence-corrected chi connectivity index (χ0v) is 11.8. The molecule has 0 bridgehead atoms. The lowest BCUT2D eigenvalue weighted by atomic mass is 10.0. The summed E-state index contributed by atoms with van der Waals surface area (Å²) >= 11 is 0. The van der Waals surface area contributed by atoms with Gasteiger partial charge in [0.15, 0.2) is 0 Å². The van der Waals surface area contributed by atoms with Crippen molar-refractivity contribution in [1.29, 1.82) is 0 Å². The van der Waals surface area contributed by atoms with Gasteiger partial charge in [-0.05, 0) is 48.2 Å². The Balaban J connectivity index is 1.70. The van der Waals surface area contributed by atoms with Gasteiger partial charge in [0.25, 0.3) is 0 Å². The van der Waals surface area contributed by atoms with Gasteiger partial charge in [0.05, 0.1) is 6.10 Å². The largest absolute Gasteiger partial charge is 0.391 e. The Kier molecular flexibility index (Phi) is 4.27. The van der Waals surface area contributed by atoms with Crippen LogP contribution >= 0.6 is 0 Å². The van der Waals surface area contributed by atoms with Crippen LogP contribution in [0.25, 0.3) is 0 Å². The molecule has 1 aromatic carbocycles. The van der Waals surface area contributed by atoms with Crippen molar-refractivity contribution in [3.05, 3.63) is 65.7 Å². The minimum atomic E-state index is -0.307. The second-order valence-corrected chi connectivity index (χ2v) is 5.58. The molecule has 2 aromatic rings. The highest BCUT2D eigenvalue weighted by Crippen LogP contribution is 2.23. The monoisotopic (exact) mass is 286 g/mol. The third-order valence-electron chi connectivity index (χ3n) is 4.12. The number of hydrogen-bond donors (Lipinski definition) is 1. The minimum Gasteiger partial charge on any atom is -0.391 e. The first kappa shape index (κ1) is 14.2. The van der Waals surface area contributed by atoms with Crippen molar-refractivity contribution < 1.29 is 9.50 Å². The number of aliphatic hydroxyl groups excluding tert-OH is 1. The van der Waals surface area contributed by atoms with Gasteiger partial charge >= 0.3 is 0 Å². The first-order chi connectivity index (χ1) is 10.2. The fraction of sp³-hybridized carbons (Fsp3) is 0.353. The van der Waals surface area contributed by atoms with Gasteiger partial charge in [-0.25, -0.2) is 4.39 Å². The summed E-state index contributed by atoms with van der Waals surface area (Å²) in [7, 11) is 0. The molecule has 3 nitrogen and oxygen atoms in total. The molecule has 0 saturated carbocycles. The molecule has 2 atom stereocenters. The van der Waals surface area contributed by atoms with Crippen molar-refractivity contribution in [1.82, 2.24) is 9.88 Å². The highest BCUT2D eigenvalue weighted by molar-refractivity contribution is 5.17. The molecule has 1 aliphatic heterocycles. The van der Waals surface area contributed by atoms with E-state index in [-0.39, 0.29) is 18.0 Å². The van der Waals surface area contributed by atoms with Crippen molar-refractivity contribution in [2.24, 2.45) is 0 Å². The Morgan fingerprint density at radius 1 is 1.10 bits per heavy atom. The van der Waals surface area contributed by atoms with E-state index in [0.29, 0.717) is 0 Å². The summed E-state index contributed by atoms with van der Waals surface area (Å²) in [5.41, 5.74) is 2.25. The van der Waals surface area contributed by atoms with Crippen LogP contribution < -0.4 is 0 Å². The lowest BCUT2D eigenvalue weighted by molar-refractivity contribution is 0.112. The Morgan fingerprint density at radius 3 is 2.52 bits per heavy atom. The maximum Gasteiger partial charge on any atom is 0.123 e. The second kappa shape index (κ2) is 6.33. The summed E-state index contributed by atoms with van der Waals surface area (Å²) in [6.07, 6.45) is 4.85. The predicted molar refractivity (Wildman–Crippen MR) is 79.2 cm³/mol. The van der Waals surface area contributed by atoms with Gasteiger partial charge in [-0.3, -0.25) is 9.88 Å². The van der Waals surface area contributed by atoms with Crippen LogP contribution in [0.1, 0.15) is 17.5 Å². The highest BCUT2D eigenvalue weighted by atomic mass is 19.1. The molecule has 2 heterocycles. The lowest BCUT2D eigenvalue weighted by Gasteiger charge is -2.26. The summed E-state index contributed by atoms with van der Waals surface area (Å²) in [6, 6.07) is 10.7. The molecule has 1 N–H and O–H groups in total. The average molecular weight is 286 g/mol. The van der Waals surface area contributed by atoms with Crippen LogP contribution in [0, 0.1) is 5.82 Å². The van der Waals surface area contributed by atoms with E-state index in [4.69, 9.17) is 0 Å². The molecule has 0 radical (unpaired) electrons. The van der Waals surface area contributed by atoms with E-state index in [2.05, 4.69) is 9.88 Å². The van der Waals surface area contributed by atoms with E-state index in [0.717, 1.165) is 31.5 Å². The molecule has 4 heteroatoms. The molecule has 0 amide bonds. The van der Waals surface area contributed by atoms with Gasteiger partial charge < -0.3 is 5.11 Å². The Labute approximate surface area is 124 Å². The molecule has 1 fully saturated rings. The first-order valence-electron chi connectivity index (χ1n) is 7.28. The van der Waals surface area contributed by atoms with E-state index in [9.17, 15) is 9.50 Å². The maximum atomic E-state index is 13.0. The fourth-order valence-electron chi connectivity index (χ4n) is 2.95. The standard InChI is InChI=1S/C17H19FN2O/c18-15-3-1-14(2-4-15)12-20-10-7-17(21)16(20)11-13-5-8-19-9-6-13/h1-6,8-9,16-17,21H,7,10-12H2/t16-,17-/m0/s1. The van der Waals surface area contributed by atoms with Gasteiger partial charge in [0, 0.05) is 31.5 Å². The number of hydrogen-bond acceptors (Lipinski definition) is 3. The van der Waals surface area contributed by atoms with Crippen LogP contribution in [0.5, 0.6) is 0 Å². The first-order valence-corrected chi connectivity index (χ1v) is 7.28. The van der Waals surface area contributed by atoms with E-state index in [1.807, 2.05) is 24.3 Å². The number of benzene rings is 1. The van der Waals surface area contributed by atoms with Crippen molar-refractivity contribution in [3.8, 4) is 0 Å². The van der Waals surface area contributed by atoms with Crippen molar-refractivity contribution >= 4 is 0 Å². The molecule has 0 spiro atoms. The van der Waals surface area contributed by atoms with Gasteiger partial charge in [0.2, 0.25) is 0 Å². The molecule has 0 unspecified atom stereocenters. The number of aromatic nitrogens is 1. The van der Waals surface area contributed by atoms with E-state index in [1.54, 1.807) is 12.4 Å². The number of rotatable bonds is 4. The second-order valence-electron chi connectivity index (χ2n) is 5.58. The summed E-state index contributed by atoms with van der Waals surface area (Å²) < 4.78 is 13.0. The van der Waals surface area contributed by atoms with Crippen LogP contribution in [0.4, 0.5) is 4.39 Å². The summed E-state index contributed by atoms with van der Waals surface area (Å²) in [6.45, 7) is 1.61. The normalized spacial score (nSPS) is 22.6. The van der Waals surface area contributed by atoms with Gasteiger partial charge in [-0.2, -0.15) is 0 Å². The minimum absolute atomic E-state index is 0.109. The van der Waals surface area contributed by atoms with Crippen LogP contribution in [-0.4, -0.2) is 33.7 Å². The van der Waals surface area contributed by atoms with E-state index < -0.39 is 0 Å². The van der Waals surface area contributed by atoms with Crippen molar-refractivity contribution in [2.45, 2.75) is 31.5 Å². The smallest absolute Gasteiger partial charge is 0.123 e. The fourth-order valence-corrected chi connectivity index (χ4v) is 2.95. The zero-order chi connectivity index (χ0) is 14.7. The lowest BCUT2D eigenvalue weighted by Crippen LogP contribution is -2.36. The van der Waals surface area contributed by atoms with Crippen molar-refractivity contribution in [3.63, 3.8) is 0 Å². The molecule has 21 heavy (non-hydrogen) atoms. The van der Waals surface area contributed by atoms with Gasteiger partial charge in [-0.15, -0.1) is 0 Å². The quantitative estimate of drug-likeness (QED) is 0.937. The van der Waals surface area contributed by atoms with Crippen LogP contribution in [0.3, 0.4) is 0 Å². The van der Waals surface area contributed by atoms with Crippen molar-refractivity contribution in [2.75, 3.05) is 6.54 Å². The van der Waals surface area contributed by atoms with Crippen LogP contribution in [-0.2, 0) is 13.0 Å². The summed E-state index contributed by atoms with van der Waals surface area (Å²) in [5, 5.41) is 10.2. The Hall–Kier alpha value is -1.78. The van der Waals surface area contributed by atoms with E-state index >= 15 is 0 Å². The number of pyridine rings is 1. The Bertz CT molecular complexity index is 573. The van der Waals surface area contributed by atoms with Crippen LogP contribution in [0.15, 0.2) is 48.8 Å². The molecule has 110 valence electrons. The van der Waals surface area contributed by atoms with Crippen LogP contribution in [0.2, 0.25) is 0 Å². The Morgan fingerprint density at radius 2 is 1.81 bits per heavy atom. The summed E-state index contributed by atoms with van der Waals surface area (Å²) in [5.74, 6) is -0.214. The SMILES string of the molecule is O[C@H]1CCN(Cc2ccc(F)cc2)[C@H]1Cc1ccncc1. The highest BCUT2D eigenvalue weighted by Gasteiger charge is 2.32. The molecule has 1 aromatic heterocycles.